The Morgan fingerprint density at radius 3 is 2.47 bits per heavy atom. The summed E-state index contributed by atoms with van der Waals surface area (Å²) in [4.78, 5) is 30.3. The zero-order valence-electron chi connectivity index (χ0n) is 19.8. The minimum atomic E-state index is -0.221. The number of carbonyl (C=O) groups excluding carboxylic acids is 2. The van der Waals surface area contributed by atoms with E-state index in [1.54, 1.807) is 31.4 Å². The van der Waals surface area contributed by atoms with E-state index in [2.05, 4.69) is 15.6 Å². The highest BCUT2D eigenvalue weighted by molar-refractivity contribution is 8.00. The number of hydrogen-bond acceptors (Lipinski definition) is 7. The number of methoxy groups -OCH3 is 1. The molecule has 4 aromatic rings. The van der Waals surface area contributed by atoms with Crippen LogP contribution in [-0.2, 0) is 4.79 Å². The molecule has 0 saturated carbocycles. The maximum absolute atomic E-state index is 12.5. The van der Waals surface area contributed by atoms with Crippen LogP contribution in [0.4, 0.5) is 10.8 Å². The number of aromatic nitrogens is 1. The second-order valence-corrected chi connectivity index (χ2v) is 9.45. The first kappa shape index (κ1) is 25.3. The maximum Gasteiger partial charge on any atom is 0.255 e. The number of thiazole rings is 1. The molecule has 0 fully saturated rings. The Labute approximate surface area is 217 Å². The Balaban J connectivity index is 1.26. The van der Waals surface area contributed by atoms with Crippen molar-refractivity contribution in [2.45, 2.75) is 11.8 Å². The molecule has 0 saturated heterocycles. The van der Waals surface area contributed by atoms with E-state index in [0.29, 0.717) is 28.7 Å². The summed E-state index contributed by atoms with van der Waals surface area (Å²) in [6, 6.07) is 22.0. The summed E-state index contributed by atoms with van der Waals surface area (Å²) < 4.78 is 10.6. The third kappa shape index (κ3) is 6.87. The van der Waals surface area contributed by atoms with E-state index in [1.807, 2.05) is 60.8 Å². The number of anilines is 2. The van der Waals surface area contributed by atoms with Gasteiger partial charge in [-0.2, -0.15) is 0 Å². The largest absolute Gasteiger partial charge is 0.497 e. The number of benzene rings is 3. The van der Waals surface area contributed by atoms with Crippen LogP contribution in [0.1, 0.15) is 17.3 Å². The first-order chi connectivity index (χ1) is 17.5. The topological polar surface area (TPSA) is 89.6 Å². The number of amides is 2. The summed E-state index contributed by atoms with van der Waals surface area (Å²) >= 11 is 2.79. The predicted molar refractivity (Wildman–Crippen MR) is 145 cm³/mol. The second kappa shape index (κ2) is 12.2. The van der Waals surface area contributed by atoms with Crippen LogP contribution >= 0.6 is 23.1 Å². The van der Waals surface area contributed by atoms with Gasteiger partial charge in [0.15, 0.2) is 5.13 Å². The molecule has 2 N–H and O–H groups in total. The first-order valence-electron chi connectivity index (χ1n) is 11.2. The van der Waals surface area contributed by atoms with Gasteiger partial charge < -0.3 is 20.1 Å². The molecule has 1 aromatic heterocycles. The third-order valence-corrected chi connectivity index (χ3v) is 6.80. The lowest BCUT2D eigenvalue weighted by Crippen LogP contribution is -2.13. The molecule has 0 unspecified atom stereocenters. The highest BCUT2D eigenvalue weighted by Crippen LogP contribution is 2.27. The van der Waals surface area contributed by atoms with Crippen LogP contribution in [-0.4, -0.2) is 36.3 Å². The number of nitrogens with zero attached hydrogens (tertiary/aromatic N) is 1. The molecule has 7 nitrogen and oxygen atoms in total. The van der Waals surface area contributed by atoms with Gasteiger partial charge in [-0.1, -0.05) is 6.07 Å². The third-order valence-electron chi connectivity index (χ3n) is 5.03. The highest BCUT2D eigenvalue weighted by Gasteiger charge is 2.10. The Morgan fingerprint density at radius 1 is 0.972 bits per heavy atom. The van der Waals surface area contributed by atoms with Crippen molar-refractivity contribution >= 4 is 45.7 Å². The average Bonchev–Trinajstić information content (AvgIpc) is 3.37. The van der Waals surface area contributed by atoms with Gasteiger partial charge in [0.1, 0.15) is 11.5 Å². The Bertz CT molecular complexity index is 1320. The Morgan fingerprint density at radius 2 is 1.75 bits per heavy atom. The number of rotatable bonds is 10. The van der Waals surface area contributed by atoms with Gasteiger partial charge in [0.05, 0.1) is 25.2 Å². The molecule has 1 heterocycles. The van der Waals surface area contributed by atoms with Crippen LogP contribution < -0.4 is 20.1 Å². The summed E-state index contributed by atoms with van der Waals surface area (Å²) in [5.74, 6) is 1.32. The normalized spacial score (nSPS) is 10.5. The molecular weight excluding hydrogens is 494 g/mol. The highest BCUT2D eigenvalue weighted by atomic mass is 32.2. The molecular formula is C27H25N3O4S2. The summed E-state index contributed by atoms with van der Waals surface area (Å²) in [7, 11) is 1.56. The fourth-order valence-corrected chi connectivity index (χ4v) is 4.69. The molecule has 0 aliphatic rings. The van der Waals surface area contributed by atoms with E-state index in [9.17, 15) is 9.59 Å². The lowest BCUT2D eigenvalue weighted by atomic mass is 10.2. The molecule has 0 spiro atoms. The lowest BCUT2D eigenvalue weighted by Gasteiger charge is -2.08. The van der Waals surface area contributed by atoms with E-state index in [0.717, 1.165) is 21.9 Å². The van der Waals surface area contributed by atoms with Crippen LogP contribution in [0.3, 0.4) is 0 Å². The molecule has 0 aliphatic carbocycles. The van der Waals surface area contributed by atoms with Crippen molar-refractivity contribution in [2.75, 3.05) is 30.1 Å². The molecule has 0 bridgehead atoms. The Hall–Kier alpha value is -3.82. The van der Waals surface area contributed by atoms with Gasteiger partial charge in [0.25, 0.3) is 5.91 Å². The standard InChI is InChI=1S/C27H25N3O4S2/c1-3-34-21-11-7-18(8-12-21)24-16-36-27(29-24)30-25(31)17-35-23-13-9-20(10-14-23)28-26(32)19-5-4-6-22(15-19)33-2/h4-16H,3,17H2,1-2H3,(H,28,32)(H,29,30,31). The van der Waals surface area contributed by atoms with E-state index < -0.39 is 0 Å². The summed E-state index contributed by atoms with van der Waals surface area (Å²) in [6.07, 6.45) is 0. The minimum Gasteiger partial charge on any atom is -0.497 e. The van der Waals surface area contributed by atoms with Gasteiger partial charge in [0.2, 0.25) is 5.91 Å². The van der Waals surface area contributed by atoms with Crippen molar-refractivity contribution in [3.05, 3.63) is 83.7 Å². The van der Waals surface area contributed by atoms with Gasteiger partial charge in [-0.05, 0) is 73.7 Å². The van der Waals surface area contributed by atoms with E-state index >= 15 is 0 Å². The molecule has 0 radical (unpaired) electrons. The zero-order chi connectivity index (χ0) is 25.3. The lowest BCUT2D eigenvalue weighted by molar-refractivity contribution is -0.113. The van der Waals surface area contributed by atoms with Crippen molar-refractivity contribution in [1.82, 2.24) is 4.98 Å². The van der Waals surface area contributed by atoms with Crippen molar-refractivity contribution in [2.24, 2.45) is 0 Å². The van der Waals surface area contributed by atoms with Crippen LogP contribution in [0.25, 0.3) is 11.3 Å². The number of ether oxygens (including phenoxy) is 2. The van der Waals surface area contributed by atoms with E-state index in [-0.39, 0.29) is 17.6 Å². The van der Waals surface area contributed by atoms with Crippen LogP contribution in [0.15, 0.2) is 83.1 Å². The minimum absolute atomic E-state index is 0.136. The number of nitrogens with one attached hydrogen (secondary N) is 2. The summed E-state index contributed by atoms with van der Waals surface area (Å²) in [5, 5.41) is 8.19. The fourth-order valence-electron chi connectivity index (χ4n) is 3.26. The SMILES string of the molecule is CCOc1ccc(-c2csc(NC(=O)CSc3ccc(NC(=O)c4cccc(OC)c4)cc3)n2)cc1. The van der Waals surface area contributed by atoms with E-state index in [1.165, 1.54) is 23.1 Å². The van der Waals surface area contributed by atoms with Gasteiger partial charge in [-0.3, -0.25) is 9.59 Å². The molecule has 36 heavy (non-hydrogen) atoms. The van der Waals surface area contributed by atoms with Crippen molar-refractivity contribution in [1.29, 1.82) is 0 Å². The average molecular weight is 520 g/mol. The van der Waals surface area contributed by atoms with Gasteiger partial charge in [-0.25, -0.2) is 4.98 Å². The van der Waals surface area contributed by atoms with E-state index in [4.69, 9.17) is 9.47 Å². The predicted octanol–water partition coefficient (Wildman–Crippen LogP) is 6.20. The molecule has 9 heteroatoms. The number of carbonyl (C=O) groups is 2. The van der Waals surface area contributed by atoms with Gasteiger partial charge in [0, 0.05) is 27.1 Å². The Kier molecular flexibility index (Phi) is 8.59. The first-order valence-corrected chi connectivity index (χ1v) is 13.1. The smallest absolute Gasteiger partial charge is 0.255 e. The van der Waals surface area contributed by atoms with Crippen LogP contribution in [0, 0.1) is 0 Å². The van der Waals surface area contributed by atoms with Crippen LogP contribution in [0.2, 0.25) is 0 Å². The summed E-state index contributed by atoms with van der Waals surface area (Å²) in [6.45, 7) is 2.57. The molecule has 0 atom stereocenters. The molecule has 4 rings (SSSR count). The van der Waals surface area contributed by atoms with Crippen molar-refractivity contribution < 1.29 is 19.1 Å². The van der Waals surface area contributed by atoms with Crippen LogP contribution in [0.5, 0.6) is 11.5 Å². The second-order valence-electron chi connectivity index (χ2n) is 7.54. The quantitative estimate of drug-likeness (QED) is 0.243. The monoisotopic (exact) mass is 519 g/mol. The van der Waals surface area contributed by atoms with Crippen molar-refractivity contribution in [3.8, 4) is 22.8 Å². The van der Waals surface area contributed by atoms with Gasteiger partial charge >= 0.3 is 0 Å². The number of thioether (sulfide) groups is 1. The summed E-state index contributed by atoms with van der Waals surface area (Å²) in [5.41, 5.74) is 2.94. The maximum atomic E-state index is 12.5. The molecule has 2 amide bonds. The fraction of sp³-hybridized carbons (Fsp3) is 0.148. The molecule has 3 aromatic carbocycles. The molecule has 0 aliphatic heterocycles. The van der Waals surface area contributed by atoms with Gasteiger partial charge in [-0.15, -0.1) is 23.1 Å². The zero-order valence-corrected chi connectivity index (χ0v) is 21.4. The van der Waals surface area contributed by atoms with Crippen molar-refractivity contribution in [3.63, 3.8) is 0 Å². The molecule has 184 valence electrons. The number of hydrogen-bond donors (Lipinski definition) is 2.